The zero-order valence-electron chi connectivity index (χ0n) is 16.3. The van der Waals surface area contributed by atoms with Gasteiger partial charge >= 0.3 is 5.97 Å². The van der Waals surface area contributed by atoms with Crippen molar-refractivity contribution in [3.05, 3.63) is 59.7 Å². The molecule has 6 heteroatoms. The molecule has 0 fully saturated rings. The normalized spacial score (nSPS) is 20.8. The van der Waals surface area contributed by atoms with Crippen LogP contribution in [0.25, 0.3) is 0 Å². The first-order valence-corrected chi connectivity index (χ1v) is 9.39. The fraction of sp³-hybridized carbons (Fsp3) is 0.364. The fourth-order valence-electron chi connectivity index (χ4n) is 4.17. The summed E-state index contributed by atoms with van der Waals surface area (Å²) in [6, 6.07) is 10.9. The monoisotopic (exact) mass is 380 g/mol. The minimum Gasteiger partial charge on any atom is -0.468 e. The number of methoxy groups -OCH3 is 1. The van der Waals surface area contributed by atoms with E-state index in [4.69, 9.17) is 9.15 Å². The van der Waals surface area contributed by atoms with Crippen molar-refractivity contribution in [1.29, 1.82) is 0 Å². The predicted molar refractivity (Wildman–Crippen MR) is 106 cm³/mol. The second kappa shape index (κ2) is 6.86. The third-order valence-corrected chi connectivity index (χ3v) is 5.34. The van der Waals surface area contributed by atoms with E-state index in [2.05, 4.69) is 19.2 Å². The number of ketones is 1. The van der Waals surface area contributed by atoms with Gasteiger partial charge < -0.3 is 19.4 Å². The predicted octanol–water partition coefficient (Wildman–Crippen LogP) is 4.07. The third kappa shape index (κ3) is 3.19. The molecular formula is C22H24N2O4. The number of nitrogens with zero attached hydrogens (tertiary/aromatic N) is 1. The lowest BCUT2D eigenvalue weighted by Crippen LogP contribution is -2.38. The van der Waals surface area contributed by atoms with E-state index in [-0.39, 0.29) is 23.7 Å². The molecule has 1 aromatic carbocycles. The zero-order chi connectivity index (χ0) is 19.9. The van der Waals surface area contributed by atoms with Crippen LogP contribution in [-0.4, -0.2) is 25.4 Å². The summed E-state index contributed by atoms with van der Waals surface area (Å²) in [5.74, 6) is 0.324. The number of fused-ring (bicyclic) bond motifs is 1. The number of furan rings is 1. The number of benzene rings is 1. The van der Waals surface area contributed by atoms with Crippen LogP contribution in [-0.2, 0) is 14.3 Å². The summed E-state index contributed by atoms with van der Waals surface area (Å²) in [7, 11) is 1.37. The van der Waals surface area contributed by atoms with Gasteiger partial charge in [-0.2, -0.15) is 0 Å². The smallest absolute Gasteiger partial charge is 0.325 e. The van der Waals surface area contributed by atoms with E-state index < -0.39 is 6.04 Å². The second-order valence-corrected chi connectivity index (χ2v) is 8.10. The van der Waals surface area contributed by atoms with Gasteiger partial charge in [0.1, 0.15) is 18.3 Å². The van der Waals surface area contributed by atoms with Gasteiger partial charge in [0, 0.05) is 17.7 Å². The number of esters is 1. The van der Waals surface area contributed by atoms with Gasteiger partial charge in [-0.1, -0.05) is 26.0 Å². The molecule has 1 aromatic heterocycles. The van der Waals surface area contributed by atoms with Gasteiger partial charge in [-0.05, 0) is 36.1 Å². The highest BCUT2D eigenvalue weighted by Gasteiger charge is 2.42. The van der Waals surface area contributed by atoms with Crippen LogP contribution in [0.2, 0.25) is 0 Å². The summed E-state index contributed by atoms with van der Waals surface area (Å²) < 4.78 is 10.7. The Morgan fingerprint density at radius 1 is 1.25 bits per heavy atom. The number of hydrogen-bond acceptors (Lipinski definition) is 6. The van der Waals surface area contributed by atoms with Gasteiger partial charge in [-0.15, -0.1) is 0 Å². The molecule has 1 aliphatic carbocycles. The van der Waals surface area contributed by atoms with Crippen molar-refractivity contribution in [2.75, 3.05) is 23.9 Å². The average Bonchev–Trinajstić information content (AvgIpc) is 3.13. The molecule has 1 atom stereocenters. The fourth-order valence-corrected chi connectivity index (χ4v) is 4.17. The van der Waals surface area contributed by atoms with E-state index in [0.717, 1.165) is 23.5 Å². The molecule has 0 saturated carbocycles. The lowest BCUT2D eigenvalue weighted by atomic mass is 9.74. The molecule has 6 nitrogen and oxygen atoms in total. The van der Waals surface area contributed by atoms with E-state index in [1.165, 1.54) is 7.11 Å². The minimum atomic E-state index is -0.496. The van der Waals surface area contributed by atoms with E-state index >= 15 is 0 Å². The highest BCUT2D eigenvalue weighted by atomic mass is 16.5. The molecule has 146 valence electrons. The molecule has 4 rings (SSSR count). The highest BCUT2D eigenvalue weighted by molar-refractivity contribution is 6.01. The molecule has 0 saturated heterocycles. The topological polar surface area (TPSA) is 71.8 Å². The van der Waals surface area contributed by atoms with E-state index in [0.29, 0.717) is 17.8 Å². The number of para-hydroxylation sites is 2. The molecule has 0 bridgehead atoms. The van der Waals surface area contributed by atoms with Crippen molar-refractivity contribution in [3.63, 3.8) is 0 Å². The highest BCUT2D eigenvalue weighted by Crippen LogP contribution is 2.48. The minimum absolute atomic E-state index is 0.00795. The van der Waals surface area contributed by atoms with E-state index in [9.17, 15) is 9.59 Å². The van der Waals surface area contributed by atoms with Crippen molar-refractivity contribution in [2.45, 2.75) is 32.7 Å². The van der Waals surface area contributed by atoms with Crippen molar-refractivity contribution in [1.82, 2.24) is 0 Å². The Kier molecular flexibility index (Phi) is 4.49. The van der Waals surface area contributed by atoms with Gasteiger partial charge in [-0.25, -0.2) is 0 Å². The van der Waals surface area contributed by atoms with Crippen molar-refractivity contribution in [2.24, 2.45) is 5.41 Å². The molecule has 1 N–H and O–H groups in total. The van der Waals surface area contributed by atoms with Crippen molar-refractivity contribution in [3.8, 4) is 0 Å². The van der Waals surface area contributed by atoms with Crippen molar-refractivity contribution >= 4 is 23.1 Å². The second-order valence-electron chi connectivity index (χ2n) is 8.10. The Hall–Kier alpha value is -3.02. The summed E-state index contributed by atoms with van der Waals surface area (Å²) >= 11 is 0. The molecule has 2 aliphatic rings. The number of allylic oxidation sites excluding steroid dienone is 1. The molecule has 1 aliphatic heterocycles. The summed E-state index contributed by atoms with van der Waals surface area (Å²) in [5, 5.41) is 3.48. The van der Waals surface area contributed by atoms with Crippen LogP contribution >= 0.6 is 0 Å². The average molecular weight is 380 g/mol. The van der Waals surface area contributed by atoms with E-state index in [1.54, 1.807) is 12.3 Å². The maximum atomic E-state index is 13.3. The van der Waals surface area contributed by atoms with E-state index in [1.807, 2.05) is 35.2 Å². The number of nitrogens with one attached hydrogen (secondary N) is 1. The summed E-state index contributed by atoms with van der Waals surface area (Å²) in [6.45, 7) is 4.20. The first-order valence-electron chi connectivity index (χ1n) is 9.39. The maximum Gasteiger partial charge on any atom is 0.325 e. The largest absolute Gasteiger partial charge is 0.468 e. The molecule has 0 unspecified atom stereocenters. The number of ether oxygens (including phenoxy) is 1. The van der Waals surface area contributed by atoms with Crippen LogP contribution < -0.4 is 10.2 Å². The Labute approximate surface area is 164 Å². The quantitative estimate of drug-likeness (QED) is 0.810. The van der Waals surface area contributed by atoms with Gasteiger partial charge in [0.15, 0.2) is 5.78 Å². The molecule has 0 spiro atoms. The summed E-state index contributed by atoms with van der Waals surface area (Å²) in [4.78, 5) is 27.4. The lowest BCUT2D eigenvalue weighted by Gasteiger charge is -2.36. The molecule has 2 aromatic rings. The van der Waals surface area contributed by atoms with Gasteiger partial charge in [0.05, 0.1) is 24.7 Å². The first-order chi connectivity index (χ1) is 13.4. The Bertz CT molecular complexity index is 943. The molecule has 2 heterocycles. The Balaban J connectivity index is 1.94. The number of hydrogen-bond donors (Lipinski definition) is 1. The summed E-state index contributed by atoms with van der Waals surface area (Å²) in [6.07, 6.45) is 2.78. The van der Waals surface area contributed by atoms with Crippen molar-refractivity contribution < 1.29 is 18.7 Å². The first kappa shape index (κ1) is 18.3. The van der Waals surface area contributed by atoms with Crippen LogP contribution in [0.3, 0.4) is 0 Å². The Morgan fingerprint density at radius 3 is 2.75 bits per heavy atom. The maximum absolute atomic E-state index is 13.3. The van der Waals surface area contributed by atoms with Crippen LogP contribution in [0, 0.1) is 5.41 Å². The number of carbonyl (C=O) groups is 2. The van der Waals surface area contributed by atoms with Crippen LogP contribution in [0.5, 0.6) is 0 Å². The van der Waals surface area contributed by atoms with Gasteiger partial charge in [-0.3, -0.25) is 9.59 Å². The molecule has 0 radical (unpaired) electrons. The molecular weight excluding hydrogens is 356 g/mol. The van der Waals surface area contributed by atoms with Gasteiger partial charge in [0.2, 0.25) is 0 Å². The van der Waals surface area contributed by atoms with Crippen LogP contribution in [0.4, 0.5) is 11.4 Å². The lowest BCUT2D eigenvalue weighted by molar-refractivity contribution is -0.139. The summed E-state index contributed by atoms with van der Waals surface area (Å²) in [5.41, 5.74) is 3.10. The number of carbonyl (C=O) groups excluding carboxylic acids is 2. The number of rotatable bonds is 3. The van der Waals surface area contributed by atoms with Crippen LogP contribution in [0.1, 0.15) is 38.5 Å². The van der Waals surface area contributed by atoms with Crippen LogP contribution in [0.15, 0.2) is 58.3 Å². The zero-order valence-corrected chi connectivity index (χ0v) is 16.3. The SMILES string of the molecule is COC(=O)CN1c2ccccc2NC2=C(C(=O)CC(C)(C)C2)[C@H]1c1ccco1. The standard InChI is InChI=1S/C22H24N2O4/c1-22(2)11-15-20(17(25)12-22)21(18-9-6-10-28-18)24(13-19(26)27-3)16-8-5-4-7-14(16)23-15/h4-10,21,23H,11-13H2,1-3H3/t21-/m1/s1. The van der Waals surface area contributed by atoms with Gasteiger partial charge in [0.25, 0.3) is 0 Å². The number of anilines is 2. The number of Topliss-reactive ketones (excluding diaryl/α,β-unsaturated/α-hetero) is 1. The Morgan fingerprint density at radius 2 is 2.04 bits per heavy atom. The third-order valence-electron chi connectivity index (χ3n) is 5.34. The molecule has 28 heavy (non-hydrogen) atoms. The molecule has 0 amide bonds.